The molecule has 23 heavy (non-hydrogen) atoms. The molecular weight excluding hydrogens is 321 g/mol. The number of ether oxygens (including phenoxy) is 1. The van der Waals surface area contributed by atoms with Crippen molar-refractivity contribution < 1.29 is 13.9 Å². The van der Waals surface area contributed by atoms with Gasteiger partial charge in [0.2, 0.25) is 0 Å². The van der Waals surface area contributed by atoms with Crippen molar-refractivity contribution in [2.24, 2.45) is 0 Å². The molecule has 3 rings (SSSR count). The second-order valence-corrected chi connectivity index (χ2v) is 5.08. The van der Waals surface area contributed by atoms with Crippen LogP contribution in [-0.4, -0.2) is 23.4 Å². The molecular formula is C16H11ClFN3O2. The van der Waals surface area contributed by atoms with Crippen LogP contribution >= 0.6 is 11.6 Å². The minimum absolute atomic E-state index is 0.0247. The number of fused-ring (bicyclic) bond motifs is 1. The van der Waals surface area contributed by atoms with Crippen LogP contribution in [0, 0.1) is 5.82 Å². The number of aldehydes is 1. The lowest BCUT2D eigenvalue weighted by atomic mass is 10.1. The summed E-state index contributed by atoms with van der Waals surface area (Å²) >= 11 is 5.79. The van der Waals surface area contributed by atoms with Gasteiger partial charge in [-0.05, 0) is 24.3 Å². The predicted octanol–water partition coefficient (Wildman–Crippen LogP) is 3.99. The third kappa shape index (κ3) is 2.80. The van der Waals surface area contributed by atoms with Gasteiger partial charge in [0.25, 0.3) is 0 Å². The van der Waals surface area contributed by atoms with Crippen LogP contribution in [0.3, 0.4) is 0 Å². The first kappa shape index (κ1) is 15.2. The Kier molecular flexibility index (Phi) is 4.08. The predicted molar refractivity (Wildman–Crippen MR) is 86.2 cm³/mol. The van der Waals surface area contributed by atoms with Gasteiger partial charge in [-0.2, -0.15) is 0 Å². The molecule has 0 radical (unpaired) electrons. The van der Waals surface area contributed by atoms with E-state index in [4.69, 9.17) is 16.3 Å². The Labute approximate surface area is 136 Å². The van der Waals surface area contributed by atoms with E-state index in [9.17, 15) is 9.18 Å². The molecule has 0 bridgehead atoms. The highest BCUT2D eigenvalue weighted by molar-refractivity contribution is 6.31. The fourth-order valence-electron chi connectivity index (χ4n) is 2.17. The SMILES string of the molecule is COc1ccc2c(Nc3c(C=O)ccc(Cl)c3F)ncnc2c1. The zero-order chi connectivity index (χ0) is 16.4. The van der Waals surface area contributed by atoms with E-state index in [1.54, 1.807) is 25.3 Å². The minimum atomic E-state index is -0.712. The summed E-state index contributed by atoms with van der Waals surface area (Å²) in [5.74, 6) is 0.295. The van der Waals surface area contributed by atoms with Crippen molar-refractivity contribution in [2.45, 2.75) is 0 Å². The average Bonchev–Trinajstić information content (AvgIpc) is 2.59. The summed E-state index contributed by atoms with van der Waals surface area (Å²) in [7, 11) is 1.55. The Balaban J connectivity index is 2.12. The molecule has 7 heteroatoms. The Bertz CT molecular complexity index is 902. The van der Waals surface area contributed by atoms with Gasteiger partial charge in [0.1, 0.15) is 17.9 Å². The highest BCUT2D eigenvalue weighted by atomic mass is 35.5. The lowest BCUT2D eigenvalue weighted by Gasteiger charge is -2.12. The number of benzene rings is 2. The molecule has 0 aliphatic carbocycles. The summed E-state index contributed by atoms with van der Waals surface area (Å²) < 4.78 is 19.4. The number of aromatic nitrogens is 2. The second-order valence-electron chi connectivity index (χ2n) is 4.67. The number of hydrogen-bond donors (Lipinski definition) is 1. The maximum absolute atomic E-state index is 14.2. The standard InChI is InChI=1S/C16H11ClFN3O2/c1-23-10-3-4-11-13(6-10)19-8-20-16(11)21-15-9(7-22)2-5-12(17)14(15)18/h2-8H,1H3,(H,19,20,21). The van der Waals surface area contributed by atoms with Gasteiger partial charge in [-0.25, -0.2) is 14.4 Å². The number of nitrogens with zero attached hydrogens (tertiary/aromatic N) is 2. The van der Waals surface area contributed by atoms with E-state index in [0.29, 0.717) is 28.8 Å². The van der Waals surface area contributed by atoms with E-state index in [1.165, 1.54) is 18.5 Å². The third-order valence-corrected chi connectivity index (χ3v) is 3.63. The number of methoxy groups -OCH3 is 1. The fraction of sp³-hybridized carbons (Fsp3) is 0.0625. The van der Waals surface area contributed by atoms with Gasteiger partial charge < -0.3 is 10.1 Å². The van der Waals surface area contributed by atoms with Gasteiger partial charge in [-0.1, -0.05) is 11.6 Å². The topological polar surface area (TPSA) is 64.1 Å². The van der Waals surface area contributed by atoms with Crippen LogP contribution in [0.25, 0.3) is 10.9 Å². The maximum atomic E-state index is 14.2. The molecule has 0 saturated carbocycles. The van der Waals surface area contributed by atoms with E-state index in [0.717, 1.165) is 0 Å². The maximum Gasteiger partial charge on any atom is 0.165 e. The zero-order valence-electron chi connectivity index (χ0n) is 12.0. The quantitative estimate of drug-likeness (QED) is 0.732. The number of nitrogens with one attached hydrogen (secondary N) is 1. The summed E-state index contributed by atoms with van der Waals surface area (Å²) in [6, 6.07) is 7.99. The molecule has 0 amide bonds. The van der Waals surface area contributed by atoms with E-state index in [2.05, 4.69) is 15.3 Å². The Morgan fingerprint density at radius 3 is 2.83 bits per heavy atom. The minimum Gasteiger partial charge on any atom is -0.497 e. The van der Waals surface area contributed by atoms with Crippen LogP contribution in [0.2, 0.25) is 5.02 Å². The van der Waals surface area contributed by atoms with E-state index in [-0.39, 0.29) is 16.3 Å². The summed E-state index contributed by atoms with van der Waals surface area (Å²) in [4.78, 5) is 19.4. The molecule has 5 nitrogen and oxygen atoms in total. The molecule has 0 spiro atoms. The highest BCUT2D eigenvalue weighted by Crippen LogP contribution is 2.31. The van der Waals surface area contributed by atoms with E-state index in [1.807, 2.05) is 0 Å². The molecule has 0 atom stereocenters. The number of hydrogen-bond acceptors (Lipinski definition) is 5. The lowest BCUT2D eigenvalue weighted by molar-refractivity contribution is 0.112. The lowest BCUT2D eigenvalue weighted by Crippen LogP contribution is -2.02. The second kappa shape index (κ2) is 6.18. The summed E-state index contributed by atoms with van der Waals surface area (Å²) in [6.45, 7) is 0. The number of rotatable bonds is 4. The first-order valence-corrected chi connectivity index (χ1v) is 7.01. The zero-order valence-corrected chi connectivity index (χ0v) is 12.8. The van der Waals surface area contributed by atoms with Crippen LogP contribution in [0.15, 0.2) is 36.7 Å². The summed E-state index contributed by atoms with van der Waals surface area (Å²) in [6.07, 6.45) is 1.89. The van der Waals surface area contributed by atoms with Gasteiger partial charge in [0.05, 0.1) is 23.3 Å². The molecule has 1 heterocycles. The van der Waals surface area contributed by atoms with Crippen molar-refractivity contribution >= 4 is 40.3 Å². The normalized spacial score (nSPS) is 10.6. The van der Waals surface area contributed by atoms with Crippen molar-refractivity contribution in [3.8, 4) is 5.75 Å². The van der Waals surface area contributed by atoms with Crippen molar-refractivity contribution in [3.63, 3.8) is 0 Å². The third-order valence-electron chi connectivity index (χ3n) is 3.34. The fourth-order valence-corrected chi connectivity index (χ4v) is 2.33. The van der Waals surface area contributed by atoms with Crippen molar-refractivity contribution in [2.75, 3.05) is 12.4 Å². The molecule has 0 unspecified atom stereocenters. The molecule has 3 aromatic rings. The van der Waals surface area contributed by atoms with Crippen LogP contribution in [0.4, 0.5) is 15.9 Å². The first-order chi connectivity index (χ1) is 11.1. The highest BCUT2D eigenvalue weighted by Gasteiger charge is 2.14. The van der Waals surface area contributed by atoms with Crippen molar-refractivity contribution in [3.05, 3.63) is 53.1 Å². The Morgan fingerprint density at radius 1 is 1.26 bits per heavy atom. The van der Waals surface area contributed by atoms with Crippen LogP contribution in [0.1, 0.15) is 10.4 Å². The van der Waals surface area contributed by atoms with Crippen molar-refractivity contribution in [1.29, 1.82) is 0 Å². The van der Waals surface area contributed by atoms with Crippen LogP contribution < -0.4 is 10.1 Å². The largest absolute Gasteiger partial charge is 0.497 e. The summed E-state index contributed by atoms with van der Waals surface area (Å²) in [5.41, 5.74) is 0.743. The van der Waals surface area contributed by atoms with Gasteiger partial charge in [-0.3, -0.25) is 4.79 Å². The number of halogens is 2. The summed E-state index contributed by atoms with van der Waals surface area (Å²) in [5, 5.41) is 3.40. The molecule has 1 aromatic heterocycles. The molecule has 116 valence electrons. The Morgan fingerprint density at radius 2 is 2.09 bits per heavy atom. The van der Waals surface area contributed by atoms with Crippen LogP contribution in [-0.2, 0) is 0 Å². The van der Waals surface area contributed by atoms with Crippen molar-refractivity contribution in [1.82, 2.24) is 9.97 Å². The van der Waals surface area contributed by atoms with E-state index < -0.39 is 5.82 Å². The van der Waals surface area contributed by atoms with Gasteiger partial charge in [-0.15, -0.1) is 0 Å². The molecule has 0 fully saturated rings. The van der Waals surface area contributed by atoms with E-state index >= 15 is 0 Å². The molecule has 0 aliphatic rings. The van der Waals surface area contributed by atoms with Crippen LogP contribution in [0.5, 0.6) is 5.75 Å². The average molecular weight is 332 g/mol. The number of anilines is 2. The monoisotopic (exact) mass is 331 g/mol. The van der Waals surface area contributed by atoms with Gasteiger partial charge >= 0.3 is 0 Å². The molecule has 1 N–H and O–H groups in total. The first-order valence-electron chi connectivity index (χ1n) is 6.63. The smallest absolute Gasteiger partial charge is 0.165 e. The molecule has 0 aliphatic heterocycles. The number of carbonyl (C=O) groups is 1. The molecule has 2 aromatic carbocycles. The van der Waals surface area contributed by atoms with Gasteiger partial charge in [0, 0.05) is 17.0 Å². The molecule has 0 saturated heterocycles. The van der Waals surface area contributed by atoms with Gasteiger partial charge in [0.15, 0.2) is 12.1 Å². The Hall–Kier alpha value is -2.73. The number of carbonyl (C=O) groups excluding carboxylic acids is 1.